The number of nitrogens with one attached hydrogen (secondary N) is 1. The van der Waals surface area contributed by atoms with E-state index in [2.05, 4.69) is 11.9 Å². The molecule has 5 nitrogen and oxygen atoms in total. The average molecular weight is 277 g/mol. The molecule has 20 heavy (non-hydrogen) atoms. The van der Waals surface area contributed by atoms with Crippen molar-refractivity contribution in [3.63, 3.8) is 0 Å². The normalized spacial score (nSPS) is 13.1. The van der Waals surface area contributed by atoms with Crippen LogP contribution in [-0.4, -0.2) is 29.1 Å². The number of hydrogen-bond donors (Lipinski definition) is 2. The highest BCUT2D eigenvalue weighted by Crippen LogP contribution is 2.12. The van der Waals surface area contributed by atoms with Gasteiger partial charge in [-0.1, -0.05) is 31.2 Å². The summed E-state index contributed by atoms with van der Waals surface area (Å²) in [5, 5.41) is 11.4. The second kappa shape index (κ2) is 7.99. The predicted octanol–water partition coefficient (Wildman–Crippen LogP) is 1.99. The number of carbonyl (C=O) groups excluding carboxylic acids is 1. The minimum absolute atomic E-state index is 0.169. The molecular formula is C15H19NO4. The number of para-hydroxylation sites is 1. The van der Waals surface area contributed by atoms with Gasteiger partial charge in [0.05, 0.1) is 0 Å². The summed E-state index contributed by atoms with van der Waals surface area (Å²) in [6.45, 7) is 5.28. The molecule has 0 heterocycles. The lowest BCUT2D eigenvalue weighted by molar-refractivity contribution is -0.143. The molecule has 2 N–H and O–H groups in total. The summed E-state index contributed by atoms with van der Waals surface area (Å²) < 4.78 is 5.55. The Morgan fingerprint density at radius 2 is 2.05 bits per heavy atom. The van der Waals surface area contributed by atoms with E-state index in [4.69, 9.17) is 9.84 Å². The maximum absolute atomic E-state index is 12.0. The molecule has 0 radical (unpaired) electrons. The first-order chi connectivity index (χ1) is 9.58. The van der Waals surface area contributed by atoms with Crippen LogP contribution in [0.4, 0.5) is 0 Å². The standard InChI is InChI=1S/C15H19NO4/c1-3-8-12(15(18)19)16-14(17)13(4-2)20-11-9-6-5-7-10-11/h3,5-7,9-10,12-13H,1,4,8H2,2H3,(H,16,17)(H,18,19). The minimum atomic E-state index is -1.09. The quantitative estimate of drug-likeness (QED) is 0.712. The molecule has 2 unspecified atom stereocenters. The summed E-state index contributed by atoms with van der Waals surface area (Å²) in [5.41, 5.74) is 0. The molecule has 1 aromatic rings. The van der Waals surface area contributed by atoms with E-state index >= 15 is 0 Å². The number of aliphatic carboxylic acids is 1. The van der Waals surface area contributed by atoms with Crippen molar-refractivity contribution >= 4 is 11.9 Å². The van der Waals surface area contributed by atoms with Crippen LogP contribution in [0.1, 0.15) is 19.8 Å². The van der Waals surface area contributed by atoms with Gasteiger partial charge in [0, 0.05) is 0 Å². The number of ether oxygens (including phenoxy) is 1. The molecule has 0 aromatic heterocycles. The molecule has 0 aliphatic heterocycles. The molecule has 1 aromatic carbocycles. The van der Waals surface area contributed by atoms with E-state index in [0.29, 0.717) is 12.2 Å². The molecule has 1 amide bonds. The third-order valence-electron chi connectivity index (χ3n) is 2.70. The van der Waals surface area contributed by atoms with Gasteiger partial charge in [-0.3, -0.25) is 4.79 Å². The van der Waals surface area contributed by atoms with Gasteiger partial charge in [0.2, 0.25) is 0 Å². The van der Waals surface area contributed by atoms with Gasteiger partial charge in [-0.2, -0.15) is 0 Å². The van der Waals surface area contributed by atoms with E-state index in [-0.39, 0.29) is 6.42 Å². The van der Waals surface area contributed by atoms with Crippen molar-refractivity contribution in [1.29, 1.82) is 0 Å². The summed E-state index contributed by atoms with van der Waals surface area (Å²) >= 11 is 0. The van der Waals surface area contributed by atoms with Gasteiger partial charge in [0.25, 0.3) is 5.91 Å². The predicted molar refractivity (Wildman–Crippen MR) is 75.5 cm³/mol. The monoisotopic (exact) mass is 277 g/mol. The van der Waals surface area contributed by atoms with Gasteiger partial charge in [-0.25, -0.2) is 4.79 Å². The number of benzene rings is 1. The third-order valence-corrected chi connectivity index (χ3v) is 2.70. The lowest BCUT2D eigenvalue weighted by atomic mass is 10.2. The van der Waals surface area contributed by atoms with Gasteiger partial charge in [0.1, 0.15) is 11.8 Å². The lowest BCUT2D eigenvalue weighted by Crippen LogP contribution is -2.46. The molecule has 0 spiro atoms. The topological polar surface area (TPSA) is 75.6 Å². The molecule has 1 rings (SSSR count). The number of hydrogen-bond acceptors (Lipinski definition) is 3. The van der Waals surface area contributed by atoms with E-state index in [1.165, 1.54) is 6.08 Å². The Hall–Kier alpha value is -2.30. The molecule has 0 aliphatic carbocycles. The smallest absolute Gasteiger partial charge is 0.326 e. The number of rotatable bonds is 8. The summed E-state index contributed by atoms with van der Waals surface area (Å²) in [6, 6.07) is 7.96. The SMILES string of the molecule is C=CCC(NC(=O)C(CC)Oc1ccccc1)C(=O)O. The van der Waals surface area contributed by atoms with Crippen LogP contribution in [0.25, 0.3) is 0 Å². The van der Waals surface area contributed by atoms with Crippen molar-refractivity contribution in [3.05, 3.63) is 43.0 Å². The molecule has 0 saturated carbocycles. The van der Waals surface area contributed by atoms with Crippen molar-refractivity contribution in [2.24, 2.45) is 0 Å². The Kier molecular flexibility index (Phi) is 6.29. The first kappa shape index (κ1) is 15.8. The van der Waals surface area contributed by atoms with Gasteiger partial charge >= 0.3 is 5.97 Å². The van der Waals surface area contributed by atoms with Gasteiger partial charge in [0.15, 0.2) is 6.10 Å². The van der Waals surface area contributed by atoms with Crippen LogP contribution in [0.15, 0.2) is 43.0 Å². The van der Waals surface area contributed by atoms with E-state index in [9.17, 15) is 9.59 Å². The fraction of sp³-hybridized carbons (Fsp3) is 0.333. The van der Waals surface area contributed by atoms with E-state index < -0.39 is 24.0 Å². The number of carboxylic acid groups (broad SMARTS) is 1. The summed E-state index contributed by atoms with van der Waals surface area (Å²) in [5.74, 6) is -0.955. The molecule has 108 valence electrons. The maximum Gasteiger partial charge on any atom is 0.326 e. The molecule has 5 heteroatoms. The Morgan fingerprint density at radius 1 is 1.40 bits per heavy atom. The Balaban J connectivity index is 2.66. The van der Waals surface area contributed by atoms with Crippen LogP contribution in [-0.2, 0) is 9.59 Å². The minimum Gasteiger partial charge on any atom is -0.481 e. The molecule has 0 saturated heterocycles. The van der Waals surface area contributed by atoms with Crippen LogP contribution in [0, 0.1) is 0 Å². The highest BCUT2D eigenvalue weighted by atomic mass is 16.5. The zero-order chi connectivity index (χ0) is 15.0. The largest absolute Gasteiger partial charge is 0.481 e. The highest BCUT2D eigenvalue weighted by molar-refractivity contribution is 5.86. The van der Waals surface area contributed by atoms with Crippen LogP contribution < -0.4 is 10.1 Å². The molecular weight excluding hydrogens is 258 g/mol. The van der Waals surface area contributed by atoms with Gasteiger partial charge < -0.3 is 15.2 Å². The molecule has 0 aliphatic rings. The Morgan fingerprint density at radius 3 is 2.55 bits per heavy atom. The number of carbonyl (C=O) groups is 2. The van der Waals surface area contributed by atoms with Crippen LogP contribution in [0.5, 0.6) is 5.75 Å². The van der Waals surface area contributed by atoms with E-state index in [1.807, 2.05) is 6.07 Å². The second-order valence-corrected chi connectivity index (χ2v) is 4.25. The van der Waals surface area contributed by atoms with E-state index in [1.54, 1.807) is 31.2 Å². The number of amides is 1. The number of carboxylic acids is 1. The van der Waals surface area contributed by atoms with Crippen molar-refractivity contribution in [2.45, 2.75) is 31.9 Å². The highest BCUT2D eigenvalue weighted by Gasteiger charge is 2.24. The molecule has 2 atom stereocenters. The van der Waals surface area contributed by atoms with Crippen molar-refractivity contribution < 1.29 is 19.4 Å². The lowest BCUT2D eigenvalue weighted by Gasteiger charge is -2.20. The van der Waals surface area contributed by atoms with Crippen molar-refractivity contribution in [2.75, 3.05) is 0 Å². The summed E-state index contributed by atoms with van der Waals surface area (Å²) in [7, 11) is 0. The fourth-order valence-corrected chi connectivity index (χ4v) is 1.64. The third kappa shape index (κ3) is 4.76. The van der Waals surface area contributed by atoms with Crippen LogP contribution in [0.3, 0.4) is 0 Å². The van der Waals surface area contributed by atoms with Crippen LogP contribution >= 0.6 is 0 Å². The summed E-state index contributed by atoms with van der Waals surface area (Å²) in [4.78, 5) is 23.0. The van der Waals surface area contributed by atoms with Gasteiger partial charge in [-0.15, -0.1) is 6.58 Å². The van der Waals surface area contributed by atoms with Gasteiger partial charge in [-0.05, 0) is 25.0 Å². The van der Waals surface area contributed by atoms with Crippen molar-refractivity contribution in [3.8, 4) is 5.75 Å². The first-order valence-corrected chi connectivity index (χ1v) is 6.44. The van der Waals surface area contributed by atoms with Crippen molar-refractivity contribution in [1.82, 2.24) is 5.32 Å². The molecule has 0 fully saturated rings. The zero-order valence-electron chi connectivity index (χ0n) is 11.4. The Bertz CT molecular complexity index is 458. The van der Waals surface area contributed by atoms with E-state index in [0.717, 1.165) is 0 Å². The van der Waals surface area contributed by atoms with Crippen LogP contribution in [0.2, 0.25) is 0 Å². The maximum atomic E-state index is 12.0. The second-order valence-electron chi connectivity index (χ2n) is 4.25. The molecule has 0 bridgehead atoms. The Labute approximate surface area is 118 Å². The fourth-order valence-electron chi connectivity index (χ4n) is 1.64. The first-order valence-electron chi connectivity index (χ1n) is 6.44. The summed E-state index contributed by atoms with van der Waals surface area (Å²) in [6.07, 6.45) is 1.35. The average Bonchev–Trinajstić information content (AvgIpc) is 2.45. The zero-order valence-corrected chi connectivity index (χ0v) is 11.4.